The van der Waals surface area contributed by atoms with E-state index in [9.17, 15) is 0 Å². The number of hydrogen-bond acceptors (Lipinski definition) is 4. The van der Waals surface area contributed by atoms with Crippen LogP contribution in [0, 0.1) is 0 Å². The normalized spacial score (nSPS) is 10.8. The van der Waals surface area contributed by atoms with Crippen molar-refractivity contribution in [3.05, 3.63) is 88.4 Å². The molecule has 0 aliphatic rings. The molecule has 0 fully saturated rings. The molecule has 0 spiro atoms. The molecule has 2 heterocycles. The van der Waals surface area contributed by atoms with Gasteiger partial charge in [0.2, 0.25) is 0 Å². The standard InChI is InChI=1S/C20H21BrN4/c1-22-20-9-8-17(21)12-16(20)13-25(14-18-6-2-4-10-23-18)15-19-7-3-5-11-24-19/h2-12,22H,13-15H2,1H3. The topological polar surface area (TPSA) is 41.0 Å². The van der Waals surface area contributed by atoms with Gasteiger partial charge in [-0.25, -0.2) is 0 Å². The van der Waals surface area contributed by atoms with Crippen LogP contribution in [0.2, 0.25) is 0 Å². The molecule has 4 nitrogen and oxygen atoms in total. The molecule has 128 valence electrons. The Balaban J connectivity index is 1.84. The molecule has 3 rings (SSSR count). The molecule has 0 radical (unpaired) electrons. The Labute approximate surface area is 157 Å². The quantitative estimate of drug-likeness (QED) is 0.638. The van der Waals surface area contributed by atoms with Gasteiger partial charge in [-0.15, -0.1) is 0 Å². The van der Waals surface area contributed by atoms with Crippen LogP contribution in [0.3, 0.4) is 0 Å². The SMILES string of the molecule is CNc1ccc(Br)cc1CN(Cc1ccccn1)Cc1ccccn1. The second-order valence-corrected chi connectivity index (χ2v) is 6.75. The minimum atomic E-state index is 0.771. The van der Waals surface area contributed by atoms with Crippen molar-refractivity contribution in [3.63, 3.8) is 0 Å². The van der Waals surface area contributed by atoms with Crippen LogP contribution >= 0.6 is 15.9 Å². The van der Waals surface area contributed by atoms with Crippen LogP contribution in [-0.2, 0) is 19.6 Å². The van der Waals surface area contributed by atoms with Gasteiger partial charge in [0.05, 0.1) is 11.4 Å². The fourth-order valence-corrected chi connectivity index (χ4v) is 3.20. The number of benzene rings is 1. The van der Waals surface area contributed by atoms with Crippen LogP contribution < -0.4 is 5.32 Å². The second kappa shape index (κ2) is 8.74. The lowest BCUT2D eigenvalue weighted by molar-refractivity contribution is 0.242. The minimum absolute atomic E-state index is 0.771. The molecule has 0 bridgehead atoms. The Hall–Kier alpha value is -2.24. The van der Waals surface area contributed by atoms with Gasteiger partial charge in [-0.1, -0.05) is 28.1 Å². The second-order valence-electron chi connectivity index (χ2n) is 5.84. The molecule has 0 aliphatic heterocycles. The zero-order valence-corrected chi connectivity index (χ0v) is 15.8. The molecule has 1 N–H and O–H groups in total. The number of halogens is 1. The summed E-state index contributed by atoms with van der Waals surface area (Å²) in [5.41, 5.74) is 4.48. The van der Waals surface area contributed by atoms with Gasteiger partial charge in [0.1, 0.15) is 0 Å². The van der Waals surface area contributed by atoms with Gasteiger partial charge < -0.3 is 5.32 Å². The van der Waals surface area contributed by atoms with Gasteiger partial charge in [-0.2, -0.15) is 0 Å². The Bertz CT molecular complexity index is 752. The van der Waals surface area contributed by atoms with E-state index in [0.717, 1.165) is 41.2 Å². The van der Waals surface area contributed by atoms with Crippen LogP contribution in [0.4, 0.5) is 5.69 Å². The van der Waals surface area contributed by atoms with Gasteiger partial charge in [0, 0.05) is 49.2 Å². The number of anilines is 1. The average Bonchev–Trinajstić information content (AvgIpc) is 2.63. The van der Waals surface area contributed by atoms with Crippen LogP contribution in [0.15, 0.2) is 71.5 Å². The summed E-state index contributed by atoms with van der Waals surface area (Å²) in [6.45, 7) is 2.35. The maximum atomic E-state index is 4.47. The molecule has 1 aromatic carbocycles. The highest BCUT2D eigenvalue weighted by molar-refractivity contribution is 9.10. The molecule has 0 amide bonds. The summed E-state index contributed by atoms with van der Waals surface area (Å²) in [6, 6.07) is 18.4. The van der Waals surface area contributed by atoms with E-state index in [-0.39, 0.29) is 0 Å². The smallest absolute Gasteiger partial charge is 0.0544 e. The van der Waals surface area contributed by atoms with Crippen LogP contribution in [0.5, 0.6) is 0 Å². The molecule has 3 aromatic rings. The Morgan fingerprint density at radius 2 is 1.52 bits per heavy atom. The zero-order valence-electron chi connectivity index (χ0n) is 14.2. The first kappa shape index (κ1) is 17.6. The molecule has 0 unspecified atom stereocenters. The molecule has 0 saturated heterocycles. The fourth-order valence-electron chi connectivity index (χ4n) is 2.79. The fraction of sp³-hybridized carbons (Fsp3) is 0.200. The highest BCUT2D eigenvalue weighted by atomic mass is 79.9. The highest BCUT2D eigenvalue weighted by Crippen LogP contribution is 2.23. The van der Waals surface area contributed by atoms with Crippen molar-refractivity contribution < 1.29 is 0 Å². The zero-order chi connectivity index (χ0) is 17.5. The van der Waals surface area contributed by atoms with E-state index < -0.39 is 0 Å². The maximum Gasteiger partial charge on any atom is 0.0544 e. The van der Waals surface area contributed by atoms with Crippen molar-refractivity contribution in [2.24, 2.45) is 0 Å². The number of nitrogens with one attached hydrogen (secondary N) is 1. The third kappa shape index (κ3) is 5.11. The first-order chi connectivity index (χ1) is 12.2. The van der Waals surface area contributed by atoms with Crippen molar-refractivity contribution >= 4 is 21.6 Å². The van der Waals surface area contributed by atoms with Crippen molar-refractivity contribution in [1.82, 2.24) is 14.9 Å². The number of nitrogens with zero attached hydrogens (tertiary/aromatic N) is 3. The first-order valence-electron chi connectivity index (χ1n) is 8.23. The van der Waals surface area contributed by atoms with E-state index in [1.165, 1.54) is 5.56 Å². The van der Waals surface area contributed by atoms with Crippen LogP contribution in [-0.4, -0.2) is 21.9 Å². The lowest BCUT2D eigenvalue weighted by atomic mass is 10.1. The van der Waals surface area contributed by atoms with E-state index in [4.69, 9.17) is 0 Å². The Morgan fingerprint density at radius 3 is 2.04 bits per heavy atom. The molecule has 2 aromatic heterocycles. The minimum Gasteiger partial charge on any atom is -0.388 e. The number of pyridine rings is 2. The predicted octanol–water partition coefficient (Wildman–Crippen LogP) is 4.48. The third-order valence-corrected chi connectivity index (χ3v) is 4.45. The van der Waals surface area contributed by atoms with Crippen molar-refractivity contribution in [3.8, 4) is 0 Å². The van der Waals surface area contributed by atoms with Crippen molar-refractivity contribution in [1.29, 1.82) is 0 Å². The molecule has 0 aliphatic carbocycles. The van der Waals surface area contributed by atoms with E-state index in [0.29, 0.717) is 0 Å². The summed E-state index contributed by atoms with van der Waals surface area (Å²) in [4.78, 5) is 11.3. The maximum absolute atomic E-state index is 4.47. The molecular formula is C20H21BrN4. The summed E-state index contributed by atoms with van der Waals surface area (Å²) in [7, 11) is 1.95. The average molecular weight is 397 g/mol. The van der Waals surface area contributed by atoms with Gasteiger partial charge in [0.15, 0.2) is 0 Å². The van der Waals surface area contributed by atoms with E-state index >= 15 is 0 Å². The summed E-state index contributed by atoms with van der Waals surface area (Å²) in [5.74, 6) is 0. The summed E-state index contributed by atoms with van der Waals surface area (Å²) < 4.78 is 1.08. The Kier molecular flexibility index (Phi) is 6.14. The Morgan fingerprint density at radius 1 is 0.880 bits per heavy atom. The van der Waals surface area contributed by atoms with Gasteiger partial charge in [-0.3, -0.25) is 14.9 Å². The summed E-state index contributed by atoms with van der Waals surface area (Å²) >= 11 is 3.58. The van der Waals surface area contributed by atoms with Crippen molar-refractivity contribution in [2.45, 2.75) is 19.6 Å². The molecule has 0 saturated carbocycles. The van der Waals surface area contributed by atoms with Crippen LogP contribution in [0.1, 0.15) is 17.0 Å². The van der Waals surface area contributed by atoms with Gasteiger partial charge in [-0.05, 0) is 48.0 Å². The van der Waals surface area contributed by atoms with E-state index in [2.05, 4.69) is 66.4 Å². The molecule has 25 heavy (non-hydrogen) atoms. The lowest BCUT2D eigenvalue weighted by Crippen LogP contribution is -2.24. The van der Waals surface area contributed by atoms with Crippen molar-refractivity contribution in [2.75, 3.05) is 12.4 Å². The largest absolute Gasteiger partial charge is 0.388 e. The van der Waals surface area contributed by atoms with Gasteiger partial charge >= 0.3 is 0 Å². The number of rotatable bonds is 7. The van der Waals surface area contributed by atoms with Gasteiger partial charge in [0.25, 0.3) is 0 Å². The third-order valence-electron chi connectivity index (χ3n) is 3.95. The molecule has 5 heteroatoms. The summed E-state index contributed by atoms with van der Waals surface area (Å²) in [5, 5.41) is 3.28. The number of hydrogen-bond donors (Lipinski definition) is 1. The van der Waals surface area contributed by atoms with Crippen LogP contribution in [0.25, 0.3) is 0 Å². The van der Waals surface area contributed by atoms with E-state index in [1.807, 2.05) is 43.7 Å². The monoisotopic (exact) mass is 396 g/mol. The predicted molar refractivity (Wildman–Crippen MR) is 105 cm³/mol. The molecular weight excluding hydrogens is 376 g/mol. The lowest BCUT2D eigenvalue weighted by Gasteiger charge is -2.23. The molecule has 0 atom stereocenters. The first-order valence-corrected chi connectivity index (χ1v) is 9.02. The van der Waals surface area contributed by atoms with E-state index in [1.54, 1.807) is 0 Å². The summed E-state index contributed by atoms with van der Waals surface area (Å²) in [6.07, 6.45) is 3.68. The number of aromatic nitrogens is 2. The highest BCUT2D eigenvalue weighted by Gasteiger charge is 2.12.